The molecular formula is C20H26BrClO. The van der Waals surface area contributed by atoms with Crippen molar-refractivity contribution in [3.63, 3.8) is 0 Å². The van der Waals surface area contributed by atoms with Crippen LogP contribution in [-0.2, 0) is 12.8 Å². The fraction of sp³-hybridized carbons (Fsp3) is 0.400. The number of ether oxygens (including phenoxy) is 1. The van der Waals surface area contributed by atoms with Crippen LogP contribution in [0.1, 0.15) is 37.3 Å². The Morgan fingerprint density at radius 3 is 2.13 bits per heavy atom. The summed E-state index contributed by atoms with van der Waals surface area (Å²) in [5.41, 5.74) is 2.84. The van der Waals surface area contributed by atoms with Gasteiger partial charge >= 0.3 is 0 Å². The quantitative estimate of drug-likeness (QED) is 0.464. The van der Waals surface area contributed by atoms with Gasteiger partial charge in [-0.1, -0.05) is 60.0 Å². The summed E-state index contributed by atoms with van der Waals surface area (Å²) in [6.07, 6.45) is 6.19. The van der Waals surface area contributed by atoms with Crippen LogP contribution in [0.5, 0.6) is 5.75 Å². The second kappa shape index (κ2) is 10.7. The van der Waals surface area contributed by atoms with Gasteiger partial charge in [0.05, 0.1) is 7.11 Å². The maximum absolute atomic E-state index is 5.19. The molecule has 0 aliphatic heterocycles. The van der Waals surface area contributed by atoms with Crippen molar-refractivity contribution in [3.8, 4) is 5.75 Å². The van der Waals surface area contributed by atoms with E-state index in [4.69, 9.17) is 4.74 Å². The highest BCUT2D eigenvalue weighted by molar-refractivity contribution is 9.10. The molecule has 0 heterocycles. The predicted molar refractivity (Wildman–Crippen MR) is 105 cm³/mol. The van der Waals surface area contributed by atoms with E-state index in [9.17, 15) is 0 Å². The Bertz CT molecular complexity index is 551. The lowest BCUT2D eigenvalue weighted by Gasteiger charge is -2.11. The van der Waals surface area contributed by atoms with Crippen molar-refractivity contribution in [1.29, 1.82) is 0 Å². The molecule has 2 aromatic carbocycles. The second-order valence-electron chi connectivity index (χ2n) is 6.03. The molecule has 0 aliphatic carbocycles. The minimum atomic E-state index is 0. The minimum absolute atomic E-state index is 0. The van der Waals surface area contributed by atoms with Gasteiger partial charge in [0, 0.05) is 4.47 Å². The molecule has 0 saturated carbocycles. The van der Waals surface area contributed by atoms with Crippen molar-refractivity contribution in [1.82, 2.24) is 0 Å². The monoisotopic (exact) mass is 396 g/mol. The topological polar surface area (TPSA) is 9.23 Å². The molecule has 2 rings (SSSR count). The largest absolute Gasteiger partial charge is 0.497 e. The van der Waals surface area contributed by atoms with Crippen molar-refractivity contribution in [2.45, 2.75) is 39.0 Å². The summed E-state index contributed by atoms with van der Waals surface area (Å²) in [7, 11) is 1.71. The van der Waals surface area contributed by atoms with Crippen LogP contribution in [0.3, 0.4) is 0 Å². The van der Waals surface area contributed by atoms with Crippen LogP contribution < -0.4 is 4.74 Å². The average molecular weight is 398 g/mol. The van der Waals surface area contributed by atoms with Gasteiger partial charge in [-0.3, -0.25) is 0 Å². The van der Waals surface area contributed by atoms with Gasteiger partial charge in [0.15, 0.2) is 0 Å². The summed E-state index contributed by atoms with van der Waals surface area (Å²) in [5.74, 6) is 1.68. The number of methoxy groups -OCH3 is 1. The molecule has 0 saturated heterocycles. The highest BCUT2D eigenvalue weighted by atomic mass is 79.9. The Morgan fingerprint density at radius 1 is 0.913 bits per heavy atom. The van der Waals surface area contributed by atoms with E-state index in [1.54, 1.807) is 7.11 Å². The third-order valence-corrected chi connectivity index (χ3v) is 4.60. The van der Waals surface area contributed by atoms with Gasteiger partial charge in [-0.25, -0.2) is 0 Å². The van der Waals surface area contributed by atoms with Gasteiger partial charge in [0.25, 0.3) is 0 Å². The molecule has 1 unspecified atom stereocenters. The average Bonchev–Trinajstić information content (AvgIpc) is 2.54. The number of benzene rings is 2. The van der Waals surface area contributed by atoms with Crippen LogP contribution in [-0.4, -0.2) is 7.11 Å². The molecule has 3 heteroatoms. The van der Waals surface area contributed by atoms with E-state index < -0.39 is 0 Å². The molecule has 0 N–H and O–H groups in total. The van der Waals surface area contributed by atoms with E-state index in [-0.39, 0.29) is 12.4 Å². The normalized spacial score (nSPS) is 11.6. The Morgan fingerprint density at radius 2 is 1.52 bits per heavy atom. The molecule has 0 bridgehead atoms. The number of unbranched alkanes of at least 4 members (excludes halogenated alkanes) is 1. The van der Waals surface area contributed by atoms with Crippen molar-refractivity contribution in [3.05, 3.63) is 64.1 Å². The molecule has 0 fully saturated rings. The van der Waals surface area contributed by atoms with E-state index in [0.717, 1.165) is 22.6 Å². The summed E-state index contributed by atoms with van der Waals surface area (Å²) >= 11 is 3.49. The van der Waals surface area contributed by atoms with Crippen molar-refractivity contribution >= 4 is 28.3 Å². The second-order valence-corrected chi connectivity index (χ2v) is 6.95. The number of rotatable bonds is 8. The summed E-state index contributed by atoms with van der Waals surface area (Å²) < 4.78 is 6.34. The van der Waals surface area contributed by atoms with Gasteiger partial charge in [-0.2, -0.15) is 0 Å². The molecule has 2 aromatic rings. The first kappa shape index (κ1) is 20.1. The minimum Gasteiger partial charge on any atom is -0.497 e. The van der Waals surface area contributed by atoms with Crippen molar-refractivity contribution in [2.75, 3.05) is 7.11 Å². The summed E-state index contributed by atoms with van der Waals surface area (Å²) in [4.78, 5) is 0. The molecule has 126 valence electrons. The zero-order chi connectivity index (χ0) is 15.8. The van der Waals surface area contributed by atoms with Crippen LogP contribution >= 0.6 is 28.3 Å². The fourth-order valence-electron chi connectivity index (χ4n) is 2.74. The number of halogens is 2. The van der Waals surface area contributed by atoms with E-state index in [1.807, 2.05) is 12.1 Å². The third-order valence-electron chi connectivity index (χ3n) is 4.07. The lowest BCUT2D eigenvalue weighted by molar-refractivity contribution is 0.414. The van der Waals surface area contributed by atoms with Crippen LogP contribution in [0, 0.1) is 5.92 Å². The number of hydrogen-bond donors (Lipinski definition) is 0. The Kier molecular flexibility index (Phi) is 9.35. The molecule has 0 amide bonds. The summed E-state index contributed by atoms with van der Waals surface area (Å²) in [6.45, 7) is 2.36. The van der Waals surface area contributed by atoms with Gasteiger partial charge in [0.1, 0.15) is 5.75 Å². The maximum atomic E-state index is 5.19. The lowest BCUT2D eigenvalue weighted by atomic mass is 9.95. The van der Waals surface area contributed by atoms with Crippen molar-refractivity contribution < 1.29 is 4.74 Å². The van der Waals surface area contributed by atoms with Gasteiger partial charge in [0.2, 0.25) is 0 Å². The molecule has 0 aromatic heterocycles. The van der Waals surface area contributed by atoms with Gasteiger partial charge in [-0.15, -0.1) is 12.4 Å². The maximum Gasteiger partial charge on any atom is 0.118 e. The first-order valence-electron chi connectivity index (χ1n) is 8.05. The summed E-state index contributed by atoms with van der Waals surface area (Å²) in [6, 6.07) is 17.1. The lowest BCUT2D eigenvalue weighted by Crippen LogP contribution is -2.00. The molecule has 0 radical (unpaired) electrons. The molecule has 23 heavy (non-hydrogen) atoms. The highest BCUT2D eigenvalue weighted by Gasteiger charge is 2.04. The zero-order valence-corrected chi connectivity index (χ0v) is 16.3. The third kappa shape index (κ3) is 7.41. The zero-order valence-electron chi connectivity index (χ0n) is 13.9. The number of hydrogen-bond acceptors (Lipinski definition) is 1. The first-order chi connectivity index (χ1) is 10.7. The van der Waals surface area contributed by atoms with E-state index in [0.29, 0.717) is 0 Å². The standard InChI is InChI=1S/C20H25BrO.ClH/c1-16(15-18-7-11-19(21)12-8-18)5-3-4-6-17-9-13-20(22-2)14-10-17;/h7-14,16H,3-6,15H2,1-2H3;1H. The van der Waals surface area contributed by atoms with E-state index in [2.05, 4.69) is 59.3 Å². The SMILES string of the molecule is COc1ccc(CCCCC(C)Cc2ccc(Br)cc2)cc1.Cl. The van der Waals surface area contributed by atoms with E-state index >= 15 is 0 Å². The van der Waals surface area contributed by atoms with Crippen LogP contribution in [0.2, 0.25) is 0 Å². The van der Waals surface area contributed by atoms with Crippen LogP contribution in [0.25, 0.3) is 0 Å². The molecule has 0 spiro atoms. The van der Waals surface area contributed by atoms with Crippen molar-refractivity contribution in [2.24, 2.45) is 5.92 Å². The Hall–Kier alpha value is -0.990. The number of aryl methyl sites for hydroxylation is 1. The fourth-order valence-corrected chi connectivity index (χ4v) is 3.00. The van der Waals surface area contributed by atoms with E-state index in [1.165, 1.54) is 36.8 Å². The predicted octanol–water partition coefficient (Wildman–Crippen LogP) is 6.47. The van der Waals surface area contributed by atoms with Crippen LogP contribution in [0.15, 0.2) is 53.0 Å². The van der Waals surface area contributed by atoms with Crippen LogP contribution in [0.4, 0.5) is 0 Å². The first-order valence-corrected chi connectivity index (χ1v) is 8.84. The smallest absolute Gasteiger partial charge is 0.118 e. The molecular weight excluding hydrogens is 372 g/mol. The molecule has 1 atom stereocenters. The Balaban J connectivity index is 0.00000264. The Labute approximate surface area is 155 Å². The molecule has 0 aliphatic rings. The summed E-state index contributed by atoms with van der Waals surface area (Å²) in [5, 5.41) is 0. The molecule has 1 nitrogen and oxygen atoms in total. The highest BCUT2D eigenvalue weighted by Crippen LogP contribution is 2.19. The van der Waals surface area contributed by atoms with Gasteiger partial charge < -0.3 is 4.74 Å². The van der Waals surface area contributed by atoms with Gasteiger partial charge in [-0.05, 0) is 60.6 Å².